The lowest BCUT2D eigenvalue weighted by Gasteiger charge is -2.34. The molecule has 0 spiro atoms. The van der Waals surface area contributed by atoms with Gasteiger partial charge in [-0.15, -0.1) is 0 Å². The van der Waals surface area contributed by atoms with Crippen molar-refractivity contribution in [3.63, 3.8) is 0 Å². The van der Waals surface area contributed by atoms with Gasteiger partial charge in [-0.3, -0.25) is 4.79 Å². The SMILES string of the molecule is CCC1CCCCN1S(=O)(=O)c1cc(-c2ccc(=O)n(-c3c(C)noc3C)n2)ccc1OC. The first kappa shape index (κ1) is 23.2. The monoisotopic (exact) mass is 472 g/mol. The standard InChI is InChI=1S/C23H28N4O5S/c1-5-18-8-6-7-13-26(18)33(29,30)21-14-17(9-11-20(21)31-4)19-10-12-22(28)27(24-19)23-15(2)25-32-16(23)3/h9-12,14,18H,5-8,13H2,1-4H3. The summed E-state index contributed by atoms with van der Waals surface area (Å²) in [6.07, 6.45) is 3.46. The Morgan fingerprint density at radius 3 is 2.64 bits per heavy atom. The molecular weight excluding hydrogens is 444 g/mol. The molecule has 1 unspecified atom stereocenters. The van der Waals surface area contributed by atoms with Crippen LogP contribution in [-0.4, -0.2) is 47.4 Å². The van der Waals surface area contributed by atoms with Crippen molar-refractivity contribution < 1.29 is 17.7 Å². The fraction of sp³-hybridized carbons (Fsp3) is 0.435. The van der Waals surface area contributed by atoms with E-state index in [0.717, 1.165) is 25.7 Å². The Kier molecular flexibility index (Phi) is 6.40. The average molecular weight is 473 g/mol. The van der Waals surface area contributed by atoms with Crippen LogP contribution in [0.15, 0.2) is 44.5 Å². The minimum Gasteiger partial charge on any atom is -0.495 e. The molecule has 0 amide bonds. The zero-order valence-electron chi connectivity index (χ0n) is 19.2. The zero-order valence-corrected chi connectivity index (χ0v) is 20.1. The van der Waals surface area contributed by atoms with Crippen LogP contribution in [0.25, 0.3) is 16.9 Å². The van der Waals surface area contributed by atoms with Gasteiger partial charge in [-0.1, -0.05) is 18.5 Å². The van der Waals surface area contributed by atoms with Gasteiger partial charge >= 0.3 is 0 Å². The predicted molar refractivity (Wildman–Crippen MR) is 123 cm³/mol. The second kappa shape index (κ2) is 9.11. The van der Waals surface area contributed by atoms with Crippen molar-refractivity contribution in [2.24, 2.45) is 0 Å². The van der Waals surface area contributed by atoms with Crippen molar-refractivity contribution in [3.05, 3.63) is 52.1 Å². The second-order valence-corrected chi connectivity index (χ2v) is 10.0. The minimum absolute atomic E-state index is 0.0308. The zero-order chi connectivity index (χ0) is 23.8. The summed E-state index contributed by atoms with van der Waals surface area (Å²) in [6.45, 7) is 5.93. The van der Waals surface area contributed by atoms with Crippen LogP contribution in [0, 0.1) is 13.8 Å². The number of rotatable bonds is 6. The van der Waals surface area contributed by atoms with Gasteiger partial charge in [-0.25, -0.2) is 8.42 Å². The molecule has 1 aromatic carbocycles. The highest BCUT2D eigenvalue weighted by Crippen LogP contribution is 2.34. The fourth-order valence-corrected chi connectivity index (χ4v) is 6.32. The third-order valence-corrected chi connectivity index (χ3v) is 8.07. The Labute approximate surface area is 193 Å². The molecule has 10 heteroatoms. The van der Waals surface area contributed by atoms with E-state index in [9.17, 15) is 13.2 Å². The Morgan fingerprint density at radius 1 is 1.18 bits per heavy atom. The summed E-state index contributed by atoms with van der Waals surface area (Å²) in [5.41, 5.74) is 1.67. The van der Waals surface area contributed by atoms with E-state index in [2.05, 4.69) is 10.3 Å². The van der Waals surface area contributed by atoms with Crippen LogP contribution in [0.1, 0.15) is 44.1 Å². The Bertz CT molecular complexity index is 1310. The number of ether oxygens (including phenoxy) is 1. The van der Waals surface area contributed by atoms with Crippen LogP contribution in [0.4, 0.5) is 0 Å². The van der Waals surface area contributed by atoms with Gasteiger partial charge in [0.1, 0.15) is 22.0 Å². The summed E-state index contributed by atoms with van der Waals surface area (Å²) in [4.78, 5) is 12.6. The maximum atomic E-state index is 13.7. The van der Waals surface area contributed by atoms with Crippen molar-refractivity contribution in [2.75, 3.05) is 13.7 Å². The molecule has 1 saturated heterocycles. The summed E-state index contributed by atoms with van der Waals surface area (Å²) in [7, 11) is -2.33. The van der Waals surface area contributed by atoms with Gasteiger partial charge in [-0.2, -0.15) is 14.1 Å². The molecule has 2 aromatic heterocycles. The van der Waals surface area contributed by atoms with E-state index >= 15 is 0 Å². The number of methoxy groups -OCH3 is 1. The van der Waals surface area contributed by atoms with Crippen molar-refractivity contribution in [3.8, 4) is 22.7 Å². The predicted octanol–water partition coefficient (Wildman–Crippen LogP) is 3.47. The smallest absolute Gasteiger partial charge is 0.271 e. The third-order valence-electron chi connectivity index (χ3n) is 6.10. The van der Waals surface area contributed by atoms with E-state index in [1.165, 1.54) is 17.9 Å². The average Bonchev–Trinajstić information content (AvgIpc) is 3.16. The van der Waals surface area contributed by atoms with Crippen LogP contribution < -0.4 is 10.3 Å². The minimum atomic E-state index is -3.78. The van der Waals surface area contributed by atoms with Crippen molar-refractivity contribution in [2.45, 2.75) is 57.4 Å². The molecule has 0 saturated carbocycles. The summed E-state index contributed by atoms with van der Waals surface area (Å²) in [5.74, 6) is 0.742. The maximum absolute atomic E-state index is 13.7. The van der Waals surface area contributed by atoms with E-state index in [-0.39, 0.29) is 22.2 Å². The Morgan fingerprint density at radius 2 is 1.97 bits per heavy atom. The molecule has 0 radical (unpaired) electrons. The quantitative estimate of drug-likeness (QED) is 0.541. The number of benzene rings is 1. The van der Waals surface area contributed by atoms with Gasteiger partial charge in [0, 0.05) is 24.2 Å². The molecule has 4 rings (SSSR count). The summed E-state index contributed by atoms with van der Waals surface area (Å²) >= 11 is 0. The van der Waals surface area contributed by atoms with Crippen LogP contribution in [-0.2, 0) is 10.0 Å². The number of sulfonamides is 1. The normalized spacial score (nSPS) is 17.3. The highest BCUT2D eigenvalue weighted by atomic mass is 32.2. The molecule has 1 fully saturated rings. The summed E-state index contributed by atoms with van der Waals surface area (Å²) < 4.78 is 40.7. The lowest BCUT2D eigenvalue weighted by atomic mass is 10.0. The molecular formula is C23H28N4O5S. The highest BCUT2D eigenvalue weighted by molar-refractivity contribution is 7.89. The molecule has 1 aliphatic rings. The number of aryl methyl sites for hydroxylation is 2. The third kappa shape index (κ3) is 4.20. The molecule has 3 aromatic rings. The fourth-order valence-electron chi connectivity index (χ4n) is 4.37. The topological polar surface area (TPSA) is 108 Å². The van der Waals surface area contributed by atoms with E-state index < -0.39 is 10.0 Å². The molecule has 1 aliphatic heterocycles. The van der Waals surface area contributed by atoms with Gasteiger partial charge in [0.05, 0.1) is 12.8 Å². The number of hydrogen-bond acceptors (Lipinski definition) is 7. The molecule has 9 nitrogen and oxygen atoms in total. The molecule has 176 valence electrons. The first-order chi connectivity index (χ1) is 15.8. The van der Waals surface area contributed by atoms with E-state index in [4.69, 9.17) is 9.26 Å². The van der Waals surface area contributed by atoms with Crippen molar-refractivity contribution in [1.82, 2.24) is 19.2 Å². The number of piperidine rings is 1. The van der Waals surface area contributed by atoms with Crippen molar-refractivity contribution in [1.29, 1.82) is 0 Å². The van der Waals surface area contributed by atoms with E-state index in [1.54, 1.807) is 42.4 Å². The highest BCUT2D eigenvalue weighted by Gasteiger charge is 2.34. The lowest BCUT2D eigenvalue weighted by molar-refractivity contribution is 0.246. The molecule has 0 bridgehead atoms. The lowest BCUT2D eigenvalue weighted by Crippen LogP contribution is -2.43. The Balaban J connectivity index is 1.83. The molecule has 0 N–H and O–H groups in total. The second-order valence-electron chi connectivity index (χ2n) is 8.18. The summed E-state index contributed by atoms with van der Waals surface area (Å²) in [6, 6.07) is 7.86. The molecule has 1 atom stereocenters. The Hall–Kier alpha value is -2.98. The molecule has 0 aliphatic carbocycles. The van der Waals surface area contributed by atoms with Gasteiger partial charge in [0.25, 0.3) is 5.56 Å². The van der Waals surface area contributed by atoms with Crippen LogP contribution in [0.2, 0.25) is 0 Å². The van der Waals surface area contributed by atoms with Gasteiger partial charge in [0.15, 0.2) is 5.76 Å². The first-order valence-electron chi connectivity index (χ1n) is 11.0. The van der Waals surface area contributed by atoms with Gasteiger partial charge in [0.2, 0.25) is 10.0 Å². The molecule has 33 heavy (non-hydrogen) atoms. The molecule has 3 heterocycles. The number of nitrogens with zero attached hydrogens (tertiary/aromatic N) is 4. The van der Waals surface area contributed by atoms with Crippen molar-refractivity contribution >= 4 is 10.0 Å². The van der Waals surface area contributed by atoms with Crippen LogP contribution in [0.5, 0.6) is 5.75 Å². The first-order valence-corrected chi connectivity index (χ1v) is 12.5. The van der Waals surface area contributed by atoms with Crippen LogP contribution in [0.3, 0.4) is 0 Å². The maximum Gasteiger partial charge on any atom is 0.271 e. The van der Waals surface area contributed by atoms with E-state index in [0.29, 0.717) is 34.9 Å². The summed E-state index contributed by atoms with van der Waals surface area (Å²) in [5, 5.41) is 8.38. The number of hydrogen-bond donors (Lipinski definition) is 0. The van der Waals surface area contributed by atoms with E-state index in [1.807, 2.05) is 6.92 Å². The van der Waals surface area contributed by atoms with Gasteiger partial charge in [-0.05, 0) is 57.4 Å². The number of aromatic nitrogens is 3. The van der Waals surface area contributed by atoms with Gasteiger partial charge < -0.3 is 9.26 Å². The van der Waals surface area contributed by atoms with Crippen LogP contribution >= 0.6 is 0 Å². The largest absolute Gasteiger partial charge is 0.495 e.